The van der Waals surface area contributed by atoms with Gasteiger partial charge in [0.15, 0.2) is 11.5 Å². The van der Waals surface area contributed by atoms with E-state index in [2.05, 4.69) is 36.4 Å². The molecule has 0 spiro atoms. The summed E-state index contributed by atoms with van der Waals surface area (Å²) in [6, 6.07) is 15.0. The van der Waals surface area contributed by atoms with Gasteiger partial charge in [0.25, 0.3) is 11.5 Å². The van der Waals surface area contributed by atoms with Crippen molar-refractivity contribution in [3.05, 3.63) is 75.7 Å². The van der Waals surface area contributed by atoms with Gasteiger partial charge in [-0.25, -0.2) is 10.1 Å². The maximum absolute atomic E-state index is 12.7. The van der Waals surface area contributed by atoms with Crippen LogP contribution in [0.2, 0.25) is 0 Å². The molecule has 4 rings (SSSR count). The first-order valence-corrected chi connectivity index (χ1v) is 10.4. The fourth-order valence-corrected chi connectivity index (χ4v) is 3.37. The molecule has 1 atom stereocenters. The Bertz CT molecular complexity index is 1220. The van der Waals surface area contributed by atoms with Crippen molar-refractivity contribution in [1.82, 2.24) is 15.2 Å². The van der Waals surface area contributed by atoms with Crippen LogP contribution in [0.3, 0.4) is 0 Å². The van der Waals surface area contributed by atoms with E-state index in [0.29, 0.717) is 28.4 Å². The zero-order valence-corrected chi connectivity index (χ0v) is 18.5. The molecule has 1 aromatic heterocycles. The van der Waals surface area contributed by atoms with Crippen LogP contribution in [0.5, 0.6) is 11.5 Å². The number of rotatable bonds is 4. The van der Waals surface area contributed by atoms with Crippen LogP contribution in [0.15, 0.2) is 58.4 Å². The molecule has 1 amide bonds. The van der Waals surface area contributed by atoms with E-state index in [1.54, 1.807) is 6.92 Å². The largest absolute Gasteiger partial charge is 0.485 e. The molecule has 32 heavy (non-hydrogen) atoms. The molecule has 0 fully saturated rings. The van der Waals surface area contributed by atoms with Crippen molar-refractivity contribution in [2.24, 2.45) is 5.10 Å². The third-order valence-electron chi connectivity index (χ3n) is 5.26. The smallest absolute Gasteiger partial charge is 0.284 e. The number of aryl methyl sites for hydroxylation is 1. The lowest BCUT2D eigenvalue weighted by Crippen LogP contribution is -2.42. The first-order valence-electron chi connectivity index (χ1n) is 10.4. The molecule has 1 aliphatic rings. The van der Waals surface area contributed by atoms with Crippen LogP contribution in [0.25, 0.3) is 5.69 Å². The number of benzene rings is 2. The Morgan fingerprint density at radius 1 is 1.19 bits per heavy atom. The summed E-state index contributed by atoms with van der Waals surface area (Å²) in [6.45, 7) is 8.16. The van der Waals surface area contributed by atoms with E-state index in [-0.39, 0.29) is 17.6 Å². The van der Waals surface area contributed by atoms with Crippen molar-refractivity contribution in [3.63, 3.8) is 0 Å². The summed E-state index contributed by atoms with van der Waals surface area (Å²) in [6.07, 6.45) is 0.490. The second kappa shape index (κ2) is 8.37. The highest BCUT2D eigenvalue weighted by molar-refractivity contribution is 5.85. The van der Waals surface area contributed by atoms with Gasteiger partial charge in [0, 0.05) is 5.69 Å². The summed E-state index contributed by atoms with van der Waals surface area (Å²) < 4.78 is 13.0. The van der Waals surface area contributed by atoms with E-state index < -0.39 is 12.0 Å². The maximum Gasteiger partial charge on any atom is 0.284 e. The monoisotopic (exact) mass is 434 g/mol. The highest BCUT2D eigenvalue weighted by Crippen LogP contribution is 2.36. The predicted molar refractivity (Wildman–Crippen MR) is 122 cm³/mol. The van der Waals surface area contributed by atoms with Crippen LogP contribution in [-0.4, -0.2) is 34.6 Å². The summed E-state index contributed by atoms with van der Waals surface area (Å²) >= 11 is 0. The SMILES string of the molecule is Cc1[nH]n(-c2ccccc2)c(=O)c1/C=N\NC(=O)[C@H]1COc2ccc(C(C)(C)C)cc2O1. The molecule has 8 heteroatoms. The third-order valence-corrected chi connectivity index (χ3v) is 5.26. The lowest BCUT2D eigenvalue weighted by Gasteiger charge is -2.27. The zero-order chi connectivity index (χ0) is 22.9. The number of hydrogen-bond acceptors (Lipinski definition) is 5. The van der Waals surface area contributed by atoms with Crippen LogP contribution >= 0.6 is 0 Å². The first-order chi connectivity index (χ1) is 15.2. The summed E-state index contributed by atoms with van der Waals surface area (Å²) in [4.78, 5) is 25.3. The molecule has 3 aromatic rings. The van der Waals surface area contributed by atoms with Crippen molar-refractivity contribution in [2.45, 2.75) is 39.2 Å². The van der Waals surface area contributed by atoms with E-state index in [4.69, 9.17) is 9.47 Å². The molecule has 0 unspecified atom stereocenters. The highest BCUT2D eigenvalue weighted by atomic mass is 16.6. The van der Waals surface area contributed by atoms with E-state index in [0.717, 1.165) is 5.56 Å². The first kappa shape index (κ1) is 21.4. The molecule has 0 saturated heterocycles. The number of para-hydroxylation sites is 1. The molecule has 0 saturated carbocycles. The Balaban J connectivity index is 1.45. The van der Waals surface area contributed by atoms with E-state index >= 15 is 0 Å². The van der Waals surface area contributed by atoms with E-state index in [1.807, 2.05) is 48.5 Å². The number of hydrazone groups is 1. The van der Waals surface area contributed by atoms with Gasteiger partial charge in [-0.3, -0.25) is 14.7 Å². The highest BCUT2D eigenvalue weighted by Gasteiger charge is 2.28. The minimum absolute atomic E-state index is 0.0566. The number of nitrogens with zero attached hydrogens (tertiary/aromatic N) is 2. The number of aromatic nitrogens is 2. The molecule has 8 nitrogen and oxygen atoms in total. The number of carbonyl (C=O) groups is 1. The normalized spacial score (nSPS) is 15.7. The molecule has 0 bridgehead atoms. The fourth-order valence-electron chi connectivity index (χ4n) is 3.37. The van der Waals surface area contributed by atoms with Crippen LogP contribution in [0.1, 0.15) is 37.6 Å². The Hall–Kier alpha value is -3.81. The number of ether oxygens (including phenoxy) is 2. The van der Waals surface area contributed by atoms with Gasteiger partial charge in [0.2, 0.25) is 6.10 Å². The summed E-state index contributed by atoms with van der Waals surface area (Å²) in [7, 11) is 0. The summed E-state index contributed by atoms with van der Waals surface area (Å²) in [5, 5.41) is 6.98. The predicted octanol–water partition coefficient (Wildman–Crippen LogP) is 3.06. The second-order valence-electron chi connectivity index (χ2n) is 8.69. The van der Waals surface area contributed by atoms with Gasteiger partial charge in [-0.05, 0) is 42.2 Å². The van der Waals surface area contributed by atoms with Crippen LogP contribution in [0, 0.1) is 6.92 Å². The number of H-pyrrole nitrogens is 1. The number of fused-ring (bicyclic) bond motifs is 1. The van der Waals surface area contributed by atoms with Crippen molar-refractivity contribution >= 4 is 12.1 Å². The molecule has 0 aliphatic carbocycles. The summed E-state index contributed by atoms with van der Waals surface area (Å²) in [5.74, 6) is 0.680. The molecular weight excluding hydrogens is 408 g/mol. The lowest BCUT2D eigenvalue weighted by molar-refractivity contribution is -0.130. The Labute approximate surface area is 185 Å². The quantitative estimate of drug-likeness (QED) is 0.487. The fraction of sp³-hybridized carbons (Fsp3) is 0.292. The summed E-state index contributed by atoms with van der Waals surface area (Å²) in [5.41, 5.74) is 4.92. The van der Waals surface area contributed by atoms with E-state index in [9.17, 15) is 9.59 Å². The standard InChI is InChI=1S/C24H26N4O4/c1-15-18(23(30)28(27-15)17-8-6-5-7-9-17)13-25-26-22(29)21-14-31-19-11-10-16(24(2,3)4)12-20(19)32-21/h5-13,21,27H,14H2,1-4H3,(H,26,29)/b25-13-/t21-/m1/s1. The molecule has 1 aliphatic heterocycles. The molecule has 2 aromatic carbocycles. The average molecular weight is 434 g/mol. The Kier molecular flexibility index (Phi) is 5.61. The van der Waals surface area contributed by atoms with Gasteiger partial charge in [-0.1, -0.05) is 45.0 Å². The van der Waals surface area contributed by atoms with E-state index in [1.165, 1.54) is 10.9 Å². The lowest BCUT2D eigenvalue weighted by atomic mass is 9.87. The van der Waals surface area contributed by atoms with Gasteiger partial charge < -0.3 is 9.47 Å². The number of nitrogens with one attached hydrogen (secondary N) is 2. The van der Waals surface area contributed by atoms with Gasteiger partial charge in [0.1, 0.15) is 6.61 Å². The van der Waals surface area contributed by atoms with Crippen LogP contribution in [0.4, 0.5) is 0 Å². The molecule has 166 valence electrons. The molecule has 2 N–H and O–H groups in total. The third kappa shape index (κ3) is 4.30. The van der Waals surface area contributed by atoms with Crippen LogP contribution < -0.4 is 20.5 Å². The molecule has 0 radical (unpaired) electrons. The topological polar surface area (TPSA) is 97.7 Å². The van der Waals surface area contributed by atoms with Gasteiger partial charge in [0.05, 0.1) is 17.5 Å². The van der Waals surface area contributed by atoms with Crippen molar-refractivity contribution in [2.75, 3.05) is 6.61 Å². The Morgan fingerprint density at radius 3 is 2.66 bits per heavy atom. The minimum Gasteiger partial charge on any atom is -0.485 e. The van der Waals surface area contributed by atoms with Crippen molar-refractivity contribution < 1.29 is 14.3 Å². The number of amides is 1. The van der Waals surface area contributed by atoms with Crippen molar-refractivity contribution in [3.8, 4) is 17.2 Å². The maximum atomic E-state index is 12.7. The minimum atomic E-state index is -0.844. The molecular formula is C24H26N4O4. The van der Waals surface area contributed by atoms with Crippen LogP contribution in [-0.2, 0) is 10.2 Å². The van der Waals surface area contributed by atoms with Gasteiger partial charge >= 0.3 is 0 Å². The second-order valence-corrected chi connectivity index (χ2v) is 8.69. The average Bonchev–Trinajstić information content (AvgIpc) is 3.06. The number of aromatic amines is 1. The van der Waals surface area contributed by atoms with Gasteiger partial charge in [-0.15, -0.1) is 0 Å². The zero-order valence-electron chi connectivity index (χ0n) is 18.5. The number of hydrogen-bond donors (Lipinski definition) is 2. The van der Waals surface area contributed by atoms with Crippen molar-refractivity contribution in [1.29, 1.82) is 0 Å². The van der Waals surface area contributed by atoms with Gasteiger partial charge in [-0.2, -0.15) is 5.10 Å². The number of carbonyl (C=O) groups excluding carboxylic acids is 1. The molecule has 2 heterocycles. The Morgan fingerprint density at radius 2 is 1.94 bits per heavy atom.